The zero-order valence-electron chi connectivity index (χ0n) is 4.75. The van der Waals surface area contributed by atoms with E-state index in [0.29, 0.717) is 6.26 Å². The molecule has 0 aliphatic carbocycles. The molecule has 0 aromatic carbocycles. The molecule has 0 saturated heterocycles. The summed E-state index contributed by atoms with van der Waals surface area (Å²) in [6.07, 6.45) is 0.715. The molecule has 0 amide bonds. The first-order chi connectivity index (χ1) is 3.41. The van der Waals surface area contributed by atoms with Gasteiger partial charge in [0.15, 0.2) is 0 Å². The molecule has 0 unspecified atom stereocenters. The van der Waals surface area contributed by atoms with Gasteiger partial charge in [-0.3, -0.25) is 15.8 Å². The van der Waals surface area contributed by atoms with E-state index in [9.17, 15) is 8.42 Å². The van der Waals surface area contributed by atoms with Gasteiger partial charge in [-0.1, -0.05) is 0 Å². The Labute approximate surface area is 48.6 Å². The maximum Gasteiger partial charge on any atom is 0.261 e. The third kappa shape index (κ3) is 4710. The van der Waals surface area contributed by atoms with Gasteiger partial charge < -0.3 is 0 Å². The van der Waals surface area contributed by atoms with Gasteiger partial charge in [0.25, 0.3) is 10.1 Å². The lowest BCUT2D eigenvalue weighted by Crippen LogP contribution is -2.13. The molecule has 8 heavy (non-hydrogen) atoms. The summed E-state index contributed by atoms with van der Waals surface area (Å²) < 4.78 is 25.9. The zero-order valence-corrected chi connectivity index (χ0v) is 5.57. The lowest BCUT2D eigenvalue weighted by molar-refractivity contribution is 0.490. The van der Waals surface area contributed by atoms with Gasteiger partial charge in [-0.2, -0.15) is 8.42 Å². The fourth-order valence-corrected chi connectivity index (χ4v) is 0. The molecule has 0 atom stereocenters. The van der Waals surface area contributed by atoms with Gasteiger partial charge in [-0.15, -0.1) is 0 Å². The molecular weight excluding hydrogens is 132 g/mol. The average molecular weight is 142 g/mol. The van der Waals surface area contributed by atoms with Crippen LogP contribution in [0.3, 0.4) is 0 Å². The summed E-state index contributed by atoms with van der Waals surface area (Å²) in [7, 11) is -2.01. The largest absolute Gasteiger partial charge is 0.286 e. The minimum absolute atomic E-state index is 0.715. The van der Waals surface area contributed by atoms with E-state index in [0.717, 1.165) is 0 Å². The van der Waals surface area contributed by atoms with E-state index in [2.05, 4.69) is 11.3 Å². The summed E-state index contributed by atoms with van der Waals surface area (Å²) in [5.74, 6) is 4.60. The van der Waals surface area contributed by atoms with E-state index in [4.69, 9.17) is 4.55 Å². The molecule has 0 aromatic heterocycles. The van der Waals surface area contributed by atoms with Crippen LogP contribution in [0.15, 0.2) is 0 Å². The van der Waals surface area contributed by atoms with Gasteiger partial charge in [0, 0.05) is 0 Å². The Morgan fingerprint density at radius 2 is 1.62 bits per heavy atom. The highest BCUT2D eigenvalue weighted by Gasteiger charge is 1.81. The first kappa shape index (κ1) is 10.7. The van der Waals surface area contributed by atoms with Crippen LogP contribution < -0.4 is 11.3 Å². The Morgan fingerprint density at radius 3 is 1.62 bits per heavy atom. The number of nitrogens with one attached hydrogen (secondary N) is 1. The van der Waals surface area contributed by atoms with Crippen molar-refractivity contribution in [2.24, 2.45) is 5.84 Å². The maximum absolute atomic E-state index is 9.19. The number of rotatable bonds is 0. The van der Waals surface area contributed by atoms with Gasteiger partial charge in [-0.25, -0.2) is 0 Å². The molecule has 0 aliphatic rings. The Morgan fingerprint density at radius 1 is 1.62 bits per heavy atom. The normalized spacial score (nSPS) is 9.50. The zero-order chi connectivity index (χ0) is 7.21. The summed E-state index contributed by atoms with van der Waals surface area (Å²) in [5, 5.41) is 0. The van der Waals surface area contributed by atoms with Gasteiger partial charge >= 0.3 is 0 Å². The summed E-state index contributed by atoms with van der Waals surface area (Å²) in [6.45, 7) is 0. The highest BCUT2D eigenvalue weighted by atomic mass is 32.2. The lowest BCUT2D eigenvalue weighted by atomic mass is 11.5. The molecule has 0 heterocycles. The van der Waals surface area contributed by atoms with Crippen LogP contribution in [0, 0.1) is 0 Å². The molecule has 0 radical (unpaired) electrons. The summed E-state index contributed by atoms with van der Waals surface area (Å²) in [4.78, 5) is 0. The van der Waals surface area contributed by atoms with Gasteiger partial charge in [0.2, 0.25) is 0 Å². The number of hydrogen-bond donors (Lipinski definition) is 3. The molecule has 4 N–H and O–H groups in total. The molecule has 6 heteroatoms. The van der Waals surface area contributed by atoms with Gasteiger partial charge in [0.1, 0.15) is 0 Å². The van der Waals surface area contributed by atoms with Crippen molar-refractivity contribution in [3.63, 3.8) is 0 Å². The number of hydrazine groups is 1. The second-order valence-electron chi connectivity index (χ2n) is 1.02. The van der Waals surface area contributed by atoms with Crippen molar-refractivity contribution >= 4 is 10.1 Å². The molecule has 0 fully saturated rings. The van der Waals surface area contributed by atoms with Crippen molar-refractivity contribution in [1.82, 2.24) is 5.43 Å². The Hall–Kier alpha value is -0.170. The van der Waals surface area contributed by atoms with Crippen molar-refractivity contribution in [3.8, 4) is 0 Å². The number of nitrogens with two attached hydrogens (primary N) is 1. The predicted molar refractivity (Wildman–Crippen MR) is 30.7 cm³/mol. The van der Waals surface area contributed by atoms with Crippen molar-refractivity contribution in [2.75, 3.05) is 13.3 Å². The molecular formula is C2H10N2O3S. The molecule has 0 aromatic rings. The Kier molecular flexibility index (Phi) is 6.68. The second kappa shape index (κ2) is 4.98. The monoisotopic (exact) mass is 142 g/mol. The van der Waals surface area contributed by atoms with Crippen LogP contribution in [-0.2, 0) is 10.1 Å². The highest BCUT2D eigenvalue weighted by molar-refractivity contribution is 7.85. The highest BCUT2D eigenvalue weighted by Crippen LogP contribution is 1.60. The minimum atomic E-state index is -3.67. The third-order valence-electron chi connectivity index (χ3n) is 0. The SMILES string of the molecule is CNN.CS(=O)(=O)O. The minimum Gasteiger partial charge on any atom is -0.286 e. The van der Waals surface area contributed by atoms with Crippen LogP contribution in [0.2, 0.25) is 0 Å². The average Bonchev–Trinajstić information content (AvgIpc) is 1.27. The molecule has 0 aliphatic heterocycles. The van der Waals surface area contributed by atoms with Gasteiger partial charge in [0.05, 0.1) is 6.26 Å². The van der Waals surface area contributed by atoms with E-state index in [1.807, 2.05) is 0 Å². The van der Waals surface area contributed by atoms with Crippen LogP contribution in [0.5, 0.6) is 0 Å². The number of hydrogen-bond acceptors (Lipinski definition) is 4. The molecule has 0 rings (SSSR count). The maximum atomic E-state index is 9.19. The molecule has 0 saturated carbocycles. The van der Waals surface area contributed by atoms with Crippen LogP contribution in [0.4, 0.5) is 0 Å². The van der Waals surface area contributed by atoms with E-state index in [-0.39, 0.29) is 0 Å². The van der Waals surface area contributed by atoms with Crippen molar-refractivity contribution < 1.29 is 13.0 Å². The van der Waals surface area contributed by atoms with Crippen LogP contribution >= 0.6 is 0 Å². The summed E-state index contributed by atoms with van der Waals surface area (Å²) in [5.41, 5.74) is 2.25. The van der Waals surface area contributed by atoms with Crippen LogP contribution in [0.1, 0.15) is 0 Å². The smallest absolute Gasteiger partial charge is 0.261 e. The van der Waals surface area contributed by atoms with E-state index in [1.165, 1.54) is 0 Å². The topological polar surface area (TPSA) is 92.4 Å². The summed E-state index contributed by atoms with van der Waals surface area (Å²) >= 11 is 0. The first-order valence-electron chi connectivity index (χ1n) is 1.71. The molecule has 0 spiro atoms. The van der Waals surface area contributed by atoms with E-state index in [1.54, 1.807) is 7.05 Å². The lowest BCUT2D eigenvalue weighted by Gasteiger charge is -1.69. The van der Waals surface area contributed by atoms with Crippen molar-refractivity contribution in [1.29, 1.82) is 0 Å². The molecule has 52 valence electrons. The van der Waals surface area contributed by atoms with Crippen molar-refractivity contribution in [3.05, 3.63) is 0 Å². The second-order valence-corrected chi connectivity index (χ2v) is 2.49. The van der Waals surface area contributed by atoms with Crippen LogP contribution in [0.25, 0.3) is 0 Å². The van der Waals surface area contributed by atoms with Crippen LogP contribution in [-0.4, -0.2) is 26.3 Å². The molecule has 0 bridgehead atoms. The van der Waals surface area contributed by atoms with E-state index >= 15 is 0 Å². The van der Waals surface area contributed by atoms with E-state index < -0.39 is 10.1 Å². The Balaban J connectivity index is 0. The quantitative estimate of drug-likeness (QED) is 0.219. The third-order valence-corrected chi connectivity index (χ3v) is 0. The predicted octanol–water partition coefficient (Wildman–Crippen LogP) is -1.42. The standard InChI is InChI=1S/CH6N2.CH4O3S/c1-3-2;1-5(2,3)4/h3H,2H2,1H3;1H3,(H,2,3,4). The molecule has 5 nitrogen and oxygen atoms in total. The van der Waals surface area contributed by atoms with Crippen molar-refractivity contribution in [2.45, 2.75) is 0 Å². The van der Waals surface area contributed by atoms with Gasteiger partial charge in [-0.05, 0) is 7.05 Å². The summed E-state index contributed by atoms with van der Waals surface area (Å²) in [6, 6.07) is 0. The first-order valence-corrected chi connectivity index (χ1v) is 3.56. The Bertz CT molecular complexity index is 109. The fourth-order valence-electron chi connectivity index (χ4n) is 0. The fraction of sp³-hybridized carbons (Fsp3) is 1.00.